The number of aromatic nitrogens is 2. The summed E-state index contributed by atoms with van der Waals surface area (Å²) in [5.41, 5.74) is 6.66. The molecule has 0 bridgehead atoms. The summed E-state index contributed by atoms with van der Waals surface area (Å²) >= 11 is 0. The van der Waals surface area contributed by atoms with E-state index in [1.165, 1.54) is 0 Å². The van der Waals surface area contributed by atoms with Gasteiger partial charge in [-0.2, -0.15) is 0 Å². The largest absolute Gasteiger partial charge is 0.383 e. The number of amides is 1. The minimum atomic E-state index is -0.115. The summed E-state index contributed by atoms with van der Waals surface area (Å²) in [6.45, 7) is 6.14. The predicted octanol–water partition coefficient (Wildman–Crippen LogP) is 0.494. The van der Waals surface area contributed by atoms with E-state index in [2.05, 4.69) is 15.3 Å². The number of nitrogens with two attached hydrogens (primary N) is 1. The van der Waals surface area contributed by atoms with Crippen LogP contribution in [0, 0.1) is 19.8 Å². The van der Waals surface area contributed by atoms with Crippen LogP contribution >= 0.6 is 0 Å². The average molecular weight is 251 g/mol. The molecule has 0 aliphatic heterocycles. The molecule has 0 aromatic carbocycles. The van der Waals surface area contributed by atoms with E-state index < -0.39 is 0 Å². The number of aryl methyl sites for hydroxylation is 1. The molecule has 0 spiro atoms. The van der Waals surface area contributed by atoms with Gasteiger partial charge in [-0.1, -0.05) is 6.92 Å². The fourth-order valence-electron chi connectivity index (χ4n) is 1.83. The summed E-state index contributed by atoms with van der Waals surface area (Å²) in [5, 5.41) is 2.64. The van der Waals surface area contributed by atoms with Crippen molar-refractivity contribution < 1.29 is 4.79 Å². The van der Waals surface area contributed by atoms with Gasteiger partial charge in [-0.25, -0.2) is 9.97 Å². The van der Waals surface area contributed by atoms with Gasteiger partial charge in [0, 0.05) is 26.2 Å². The van der Waals surface area contributed by atoms with Gasteiger partial charge in [-0.3, -0.25) is 4.79 Å². The van der Waals surface area contributed by atoms with E-state index in [1.54, 1.807) is 14.0 Å². The minimum absolute atomic E-state index is 0.0123. The quantitative estimate of drug-likeness (QED) is 0.813. The van der Waals surface area contributed by atoms with Crippen LogP contribution in [0.15, 0.2) is 0 Å². The SMILES string of the molecule is CNC(=O)C(C)CN(C)c1nc(C)nc(N)c1C. The number of nitrogens with zero attached hydrogens (tertiary/aromatic N) is 3. The molecule has 6 heteroatoms. The third kappa shape index (κ3) is 3.09. The van der Waals surface area contributed by atoms with Crippen LogP contribution in [0.5, 0.6) is 0 Å². The first-order valence-electron chi connectivity index (χ1n) is 5.90. The maximum Gasteiger partial charge on any atom is 0.224 e. The number of anilines is 2. The molecule has 18 heavy (non-hydrogen) atoms. The number of hydrogen-bond donors (Lipinski definition) is 2. The van der Waals surface area contributed by atoms with Crippen molar-refractivity contribution in [2.24, 2.45) is 5.92 Å². The number of nitrogen functional groups attached to an aromatic ring is 1. The summed E-state index contributed by atoms with van der Waals surface area (Å²) in [7, 11) is 3.53. The molecule has 1 atom stereocenters. The number of rotatable bonds is 4. The van der Waals surface area contributed by atoms with Crippen LogP contribution in [0.4, 0.5) is 11.6 Å². The second-order valence-electron chi connectivity index (χ2n) is 4.50. The summed E-state index contributed by atoms with van der Waals surface area (Å²) in [5.74, 6) is 1.79. The third-order valence-electron chi connectivity index (χ3n) is 2.87. The van der Waals surface area contributed by atoms with E-state index in [1.807, 2.05) is 25.8 Å². The number of carbonyl (C=O) groups is 1. The van der Waals surface area contributed by atoms with Crippen molar-refractivity contribution in [3.05, 3.63) is 11.4 Å². The van der Waals surface area contributed by atoms with Crippen molar-refractivity contribution in [2.45, 2.75) is 20.8 Å². The van der Waals surface area contributed by atoms with E-state index in [4.69, 9.17) is 5.73 Å². The van der Waals surface area contributed by atoms with Crippen molar-refractivity contribution in [2.75, 3.05) is 31.3 Å². The first-order valence-corrected chi connectivity index (χ1v) is 5.90. The van der Waals surface area contributed by atoms with Crippen LogP contribution in [-0.2, 0) is 4.79 Å². The van der Waals surface area contributed by atoms with Crippen molar-refractivity contribution in [1.29, 1.82) is 0 Å². The Morgan fingerprint density at radius 2 is 2.06 bits per heavy atom. The second-order valence-corrected chi connectivity index (χ2v) is 4.50. The molecule has 1 unspecified atom stereocenters. The maximum atomic E-state index is 11.5. The Bertz CT molecular complexity index is 446. The summed E-state index contributed by atoms with van der Waals surface area (Å²) in [6, 6.07) is 0. The molecule has 100 valence electrons. The Kier molecular flexibility index (Phi) is 4.47. The zero-order chi connectivity index (χ0) is 13.9. The van der Waals surface area contributed by atoms with E-state index in [0.29, 0.717) is 18.2 Å². The van der Waals surface area contributed by atoms with Crippen LogP contribution < -0.4 is 16.0 Å². The lowest BCUT2D eigenvalue weighted by atomic mass is 10.1. The Morgan fingerprint density at radius 1 is 1.44 bits per heavy atom. The van der Waals surface area contributed by atoms with Crippen LogP contribution in [0.25, 0.3) is 0 Å². The van der Waals surface area contributed by atoms with Gasteiger partial charge in [-0.15, -0.1) is 0 Å². The second kappa shape index (κ2) is 5.66. The lowest BCUT2D eigenvalue weighted by Gasteiger charge is -2.23. The highest BCUT2D eigenvalue weighted by Crippen LogP contribution is 2.21. The van der Waals surface area contributed by atoms with Crippen LogP contribution in [0.1, 0.15) is 18.3 Å². The molecule has 3 N–H and O–H groups in total. The van der Waals surface area contributed by atoms with Crippen molar-refractivity contribution in [3.63, 3.8) is 0 Å². The molecule has 0 saturated heterocycles. The molecule has 1 heterocycles. The van der Waals surface area contributed by atoms with Crippen LogP contribution in [0.3, 0.4) is 0 Å². The lowest BCUT2D eigenvalue weighted by molar-refractivity contribution is -0.123. The first kappa shape index (κ1) is 14.2. The normalized spacial score (nSPS) is 12.1. The minimum Gasteiger partial charge on any atom is -0.383 e. The molecule has 1 amide bonds. The topological polar surface area (TPSA) is 84.1 Å². The maximum absolute atomic E-state index is 11.5. The molecule has 6 nitrogen and oxygen atoms in total. The Balaban J connectivity index is 2.91. The molecule has 1 rings (SSSR count). The van der Waals surface area contributed by atoms with Crippen LogP contribution in [0.2, 0.25) is 0 Å². The van der Waals surface area contributed by atoms with E-state index in [9.17, 15) is 4.79 Å². The fraction of sp³-hybridized carbons (Fsp3) is 0.583. The first-order chi connectivity index (χ1) is 8.36. The zero-order valence-electron chi connectivity index (χ0n) is 11.6. The Labute approximate surface area is 108 Å². The van der Waals surface area contributed by atoms with Gasteiger partial charge in [0.15, 0.2) is 0 Å². The number of carbonyl (C=O) groups excluding carboxylic acids is 1. The van der Waals surface area contributed by atoms with Gasteiger partial charge in [0.1, 0.15) is 17.5 Å². The van der Waals surface area contributed by atoms with Crippen molar-refractivity contribution >= 4 is 17.5 Å². The Morgan fingerprint density at radius 3 is 2.61 bits per heavy atom. The van der Waals surface area contributed by atoms with Gasteiger partial charge in [-0.05, 0) is 13.8 Å². The molecule has 0 aliphatic rings. The molecule has 1 aromatic heterocycles. The van der Waals surface area contributed by atoms with Crippen molar-refractivity contribution in [3.8, 4) is 0 Å². The van der Waals surface area contributed by atoms with Gasteiger partial charge in [0.2, 0.25) is 5.91 Å². The summed E-state index contributed by atoms with van der Waals surface area (Å²) in [6.07, 6.45) is 0. The summed E-state index contributed by atoms with van der Waals surface area (Å²) < 4.78 is 0. The smallest absolute Gasteiger partial charge is 0.224 e. The monoisotopic (exact) mass is 251 g/mol. The highest BCUT2D eigenvalue weighted by molar-refractivity contribution is 5.78. The zero-order valence-corrected chi connectivity index (χ0v) is 11.6. The predicted molar refractivity (Wildman–Crippen MR) is 72.4 cm³/mol. The highest BCUT2D eigenvalue weighted by Gasteiger charge is 2.17. The summed E-state index contributed by atoms with van der Waals surface area (Å²) in [4.78, 5) is 21.9. The third-order valence-corrected chi connectivity index (χ3v) is 2.87. The lowest BCUT2D eigenvalue weighted by Crippen LogP contribution is -2.35. The fourth-order valence-corrected chi connectivity index (χ4v) is 1.83. The van der Waals surface area contributed by atoms with Gasteiger partial charge >= 0.3 is 0 Å². The molecule has 1 aromatic rings. The number of hydrogen-bond acceptors (Lipinski definition) is 5. The average Bonchev–Trinajstić information content (AvgIpc) is 2.32. The van der Waals surface area contributed by atoms with Gasteiger partial charge < -0.3 is 16.0 Å². The molecule has 0 radical (unpaired) electrons. The standard InChI is InChI=1S/C12H21N5O/c1-7(12(18)14-4)6-17(5)11-8(2)10(13)15-9(3)16-11/h7H,6H2,1-5H3,(H,14,18)(H2,13,15,16). The van der Waals surface area contributed by atoms with E-state index in [0.717, 1.165) is 11.4 Å². The van der Waals surface area contributed by atoms with Crippen LogP contribution in [-0.4, -0.2) is 36.5 Å². The number of nitrogens with one attached hydrogen (secondary N) is 1. The van der Waals surface area contributed by atoms with Crippen molar-refractivity contribution in [1.82, 2.24) is 15.3 Å². The van der Waals surface area contributed by atoms with Gasteiger partial charge in [0.25, 0.3) is 0 Å². The Hall–Kier alpha value is -1.85. The molecular weight excluding hydrogens is 230 g/mol. The van der Waals surface area contributed by atoms with Gasteiger partial charge in [0.05, 0.1) is 5.92 Å². The molecule has 0 saturated carbocycles. The molecule has 0 fully saturated rings. The molecule has 0 aliphatic carbocycles. The van der Waals surface area contributed by atoms with E-state index in [-0.39, 0.29) is 11.8 Å². The van der Waals surface area contributed by atoms with E-state index >= 15 is 0 Å². The molecular formula is C12H21N5O. The highest BCUT2D eigenvalue weighted by atomic mass is 16.1.